The number of hydrogen-bond donors (Lipinski definition) is 0. The highest BCUT2D eigenvalue weighted by Crippen LogP contribution is 2.30. The molecule has 0 aliphatic heterocycles. The number of rotatable bonds is 5. The minimum absolute atomic E-state index is 0.371. The van der Waals surface area contributed by atoms with Crippen LogP contribution in [-0.4, -0.2) is 22.6 Å². The first-order valence-electron chi connectivity index (χ1n) is 11.3. The SMILES string of the molecule is COC(=O)c1cc(C)c2nc(-c3ccccc3)n(Cc3ccc(-c4ccccc4C#N)cc3)c2c1. The van der Waals surface area contributed by atoms with Crippen LogP contribution in [0.4, 0.5) is 0 Å². The van der Waals surface area contributed by atoms with Crippen molar-refractivity contribution in [1.29, 1.82) is 5.26 Å². The Morgan fingerprint density at radius 2 is 1.66 bits per heavy atom. The topological polar surface area (TPSA) is 67.9 Å². The Bertz CT molecular complexity index is 1580. The quantitative estimate of drug-likeness (QED) is 0.287. The van der Waals surface area contributed by atoms with Crippen LogP contribution in [0.2, 0.25) is 0 Å². The molecule has 0 bridgehead atoms. The van der Waals surface area contributed by atoms with E-state index in [1.165, 1.54) is 7.11 Å². The van der Waals surface area contributed by atoms with Gasteiger partial charge in [-0.1, -0.05) is 72.8 Å². The highest BCUT2D eigenvalue weighted by Gasteiger charge is 2.18. The van der Waals surface area contributed by atoms with Gasteiger partial charge in [-0.3, -0.25) is 0 Å². The van der Waals surface area contributed by atoms with Crippen LogP contribution < -0.4 is 0 Å². The zero-order valence-corrected chi connectivity index (χ0v) is 19.5. The van der Waals surface area contributed by atoms with Crippen LogP contribution in [0.1, 0.15) is 27.0 Å². The number of nitrogens with zero attached hydrogens (tertiary/aromatic N) is 3. The van der Waals surface area contributed by atoms with E-state index in [2.05, 4.69) is 22.8 Å². The predicted octanol–water partition coefficient (Wildman–Crippen LogP) is 6.39. The Morgan fingerprint density at radius 3 is 2.37 bits per heavy atom. The van der Waals surface area contributed by atoms with Crippen molar-refractivity contribution in [2.24, 2.45) is 0 Å². The molecule has 1 aromatic heterocycles. The van der Waals surface area contributed by atoms with Crippen molar-refractivity contribution < 1.29 is 9.53 Å². The number of carbonyl (C=O) groups is 1. The van der Waals surface area contributed by atoms with E-state index in [1.54, 1.807) is 0 Å². The number of aryl methyl sites for hydroxylation is 1. The van der Waals surface area contributed by atoms with Gasteiger partial charge in [-0.05, 0) is 47.4 Å². The first-order chi connectivity index (χ1) is 17.1. The number of aromatic nitrogens is 2. The van der Waals surface area contributed by atoms with Gasteiger partial charge < -0.3 is 9.30 Å². The molecule has 0 radical (unpaired) electrons. The van der Waals surface area contributed by atoms with E-state index in [-0.39, 0.29) is 5.97 Å². The fraction of sp³-hybridized carbons (Fsp3) is 0.100. The standard InChI is InChI=1S/C30H23N3O2/c1-20-16-25(30(34)35-2)17-27-28(20)32-29(23-8-4-3-5-9-23)33(27)19-21-12-14-22(15-13-21)26-11-7-6-10-24(26)18-31/h3-17H,19H2,1-2H3. The molecule has 170 valence electrons. The first-order valence-corrected chi connectivity index (χ1v) is 11.3. The fourth-order valence-electron chi connectivity index (χ4n) is 4.40. The summed E-state index contributed by atoms with van der Waals surface area (Å²) in [5, 5.41) is 9.45. The Morgan fingerprint density at radius 1 is 0.943 bits per heavy atom. The van der Waals surface area contributed by atoms with Crippen LogP contribution in [-0.2, 0) is 11.3 Å². The largest absolute Gasteiger partial charge is 0.465 e. The number of nitriles is 1. The molecule has 0 spiro atoms. The number of benzene rings is 4. The number of fused-ring (bicyclic) bond motifs is 1. The molecule has 0 unspecified atom stereocenters. The van der Waals surface area contributed by atoms with Crippen LogP contribution in [0.25, 0.3) is 33.5 Å². The lowest BCUT2D eigenvalue weighted by Crippen LogP contribution is -2.05. The van der Waals surface area contributed by atoms with Crippen LogP contribution in [0.5, 0.6) is 0 Å². The van der Waals surface area contributed by atoms with Gasteiger partial charge in [0.05, 0.1) is 35.3 Å². The Balaban J connectivity index is 1.61. The van der Waals surface area contributed by atoms with Gasteiger partial charge in [-0.2, -0.15) is 5.26 Å². The van der Waals surface area contributed by atoms with Gasteiger partial charge >= 0.3 is 5.97 Å². The van der Waals surface area contributed by atoms with E-state index < -0.39 is 0 Å². The summed E-state index contributed by atoms with van der Waals surface area (Å²) in [7, 11) is 1.39. The molecule has 0 saturated carbocycles. The molecule has 5 aromatic rings. The molecule has 0 saturated heterocycles. The van der Waals surface area contributed by atoms with Crippen LogP contribution in [0, 0.1) is 18.3 Å². The number of hydrogen-bond acceptors (Lipinski definition) is 4. The molecule has 0 aliphatic rings. The normalized spacial score (nSPS) is 10.8. The van der Waals surface area contributed by atoms with E-state index >= 15 is 0 Å². The number of imidazole rings is 1. The van der Waals surface area contributed by atoms with E-state index in [0.29, 0.717) is 17.7 Å². The second-order valence-corrected chi connectivity index (χ2v) is 8.39. The minimum atomic E-state index is -0.371. The summed E-state index contributed by atoms with van der Waals surface area (Å²) in [5.74, 6) is 0.467. The molecule has 0 atom stereocenters. The Hall–Kier alpha value is -4.69. The molecule has 0 N–H and O–H groups in total. The Kier molecular flexibility index (Phi) is 5.87. The summed E-state index contributed by atoms with van der Waals surface area (Å²) >= 11 is 0. The average Bonchev–Trinajstić information content (AvgIpc) is 3.28. The smallest absolute Gasteiger partial charge is 0.337 e. The fourth-order valence-corrected chi connectivity index (χ4v) is 4.40. The van der Waals surface area contributed by atoms with Gasteiger partial charge in [0, 0.05) is 12.1 Å². The van der Waals surface area contributed by atoms with Gasteiger partial charge in [-0.15, -0.1) is 0 Å². The van der Waals surface area contributed by atoms with Crippen LogP contribution in [0.3, 0.4) is 0 Å². The van der Waals surface area contributed by atoms with E-state index in [4.69, 9.17) is 9.72 Å². The minimum Gasteiger partial charge on any atom is -0.465 e. The van der Waals surface area contributed by atoms with Crippen LogP contribution in [0.15, 0.2) is 91.0 Å². The highest BCUT2D eigenvalue weighted by molar-refractivity contribution is 5.95. The van der Waals surface area contributed by atoms with Crippen molar-refractivity contribution >= 4 is 17.0 Å². The summed E-state index contributed by atoms with van der Waals surface area (Å²) in [6.45, 7) is 2.54. The molecule has 1 heterocycles. The summed E-state index contributed by atoms with van der Waals surface area (Å²) < 4.78 is 7.11. The van der Waals surface area contributed by atoms with Gasteiger partial charge in [0.25, 0.3) is 0 Å². The van der Waals surface area contributed by atoms with E-state index in [1.807, 2.05) is 85.8 Å². The van der Waals surface area contributed by atoms with Crippen molar-refractivity contribution in [2.45, 2.75) is 13.5 Å². The lowest BCUT2D eigenvalue weighted by atomic mass is 9.99. The van der Waals surface area contributed by atoms with Gasteiger partial charge in [0.15, 0.2) is 0 Å². The molecule has 0 amide bonds. The first kappa shape index (κ1) is 22.1. The number of methoxy groups -OCH3 is 1. The lowest BCUT2D eigenvalue weighted by molar-refractivity contribution is 0.0601. The molecule has 5 nitrogen and oxygen atoms in total. The monoisotopic (exact) mass is 457 g/mol. The molecule has 5 rings (SSSR count). The lowest BCUT2D eigenvalue weighted by Gasteiger charge is -2.12. The molecule has 0 aliphatic carbocycles. The molecular weight excluding hydrogens is 434 g/mol. The van der Waals surface area contributed by atoms with Gasteiger partial charge in [0.2, 0.25) is 0 Å². The molecule has 35 heavy (non-hydrogen) atoms. The number of carbonyl (C=O) groups excluding carboxylic acids is 1. The second kappa shape index (κ2) is 9.28. The van der Waals surface area contributed by atoms with E-state index in [9.17, 15) is 10.1 Å². The van der Waals surface area contributed by atoms with Crippen molar-refractivity contribution in [3.05, 3.63) is 113 Å². The van der Waals surface area contributed by atoms with Crippen molar-refractivity contribution in [1.82, 2.24) is 9.55 Å². The average molecular weight is 458 g/mol. The maximum Gasteiger partial charge on any atom is 0.337 e. The summed E-state index contributed by atoms with van der Waals surface area (Å²) in [5.41, 5.74) is 7.80. The molecule has 0 fully saturated rings. The van der Waals surface area contributed by atoms with Crippen molar-refractivity contribution in [3.8, 4) is 28.6 Å². The molecular formula is C30H23N3O2. The van der Waals surface area contributed by atoms with E-state index in [0.717, 1.165) is 44.7 Å². The Labute approximate surface area is 203 Å². The van der Waals surface area contributed by atoms with Gasteiger partial charge in [0.1, 0.15) is 5.82 Å². The third-order valence-electron chi connectivity index (χ3n) is 6.15. The van der Waals surface area contributed by atoms with Crippen molar-refractivity contribution in [2.75, 3.05) is 7.11 Å². The summed E-state index contributed by atoms with van der Waals surface area (Å²) in [6.07, 6.45) is 0. The van der Waals surface area contributed by atoms with Crippen molar-refractivity contribution in [3.63, 3.8) is 0 Å². The number of ether oxygens (including phenoxy) is 1. The molecule has 4 aromatic carbocycles. The number of esters is 1. The maximum atomic E-state index is 12.3. The summed E-state index contributed by atoms with van der Waals surface area (Å²) in [4.78, 5) is 17.3. The zero-order chi connectivity index (χ0) is 24.4. The highest BCUT2D eigenvalue weighted by atomic mass is 16.5. The predicted molar refractivity (Wildman–Crippen MR) is 137 cm³/mol. The summed E-state index contributed by atoms with van der Waals surface area (Å²) in [6, 6.07) is 31.8. The maximum absolute atomic E-state index is 12.3. The third kappa shape index (κ3) is 4.18. The molecule has 5 heteroatoms. The van der Waals surface area contributed by atoms with Crippen LogP contribution >= 0.6 is 0 Å². The van der Waals surface area contributed by atoms with Gasteiger partial charge in [-0.25, -0.2) is 9.78 Å². The zero-order valence-electron chi connectivity index (χ0n) is 19.5. The third-order valence-corrected chi connectivity index (χ3v) is 6.15. The second-order valence-electron chi connectivity index (χ2n) is 8.39.